The van der Waals surface area contributed by atoms with Crippen molar-refractivity contribution in [3.63, 3.8) is 0 Å². The first-order chi connectivity index (χ1) is 19.5. The summed E-state index contributed by atoms with van der Waals surface area (Å²) in [7, 11) is -4.80. The molecule has 216 valence electrons. The molecule has 12 nitrogen and oxygen atoms in total. The fraction of sp³-hybridized carbons (Fsp3) is 0.250. The molecule has 0 spiro atoms. The Morgan fingerprint density at radius 1 is 0.976 bits per heavy atom. The molecular weight excluding hydrogens is 552 g/mol. The quantitative estimate of drug-likeness (QED) is 0.166. The summed E-state index contributed by atoms with van der Waals surface area (Å²) in [6.07, 6.45) is 0. The van der Waals surface area contributed by atoms with Gasteiger partial charge in [-0.25, -0.2) is 0 Å². The molecule has 0 aromatic heterocycles. The molecule has 0 atom stereocenters. The monoisotopic (exact) mass is 582 g/mol. The Morgan fingerprint density at radius 3 is 2.07 bits per heavy atom. The Labute approximate surface area is 236 Å². The highest BCUT2D eigenvalue weighted by atomic mass is 32.2. The van der Waals surface area contributed by atoms with E-state index in [-0.39, 0.29) is 40.5 Å². The number of aliphatic hydroxyl groups excluding tert-OH is 1. The van der Waals surface area contributed by atoms with E-state index >= 15 is 0 Å². The molecule has 6 N–H and O–H groups in total. The number of fused-ring (bicyclic) bond motifs is 2. The number of nitrogens with two attached hydrogens (primary N) is 1. The number of carbonyl (C=O) groups excluding carboxylic acids is 3. The number of β-amino-alcohol motifs (C(OH)–C–C–N with tert-alkyl or cyclic N) is 1. The van der Waals surface area contributed by atoms with Crippen LogP contribution in [0.5, 0.6) is 0 Å². The van der Waals surface area contributed by atoms with E-state index in [9.17, 15) is 27.4 Å². The largest absolute Gasteiger partial charge is 0.397 e. The summed E-state index contributed by atoms with van der Waals surface area (Å²) in [6, 6.07) is 13.5. The van der Waals surface area contributed by atoms with Crippen LogP contribution in [0.15, 0.2) is 59.5 Å². The van der Waals surface area contributed by atoms with Gasteiger partial charge in [0.1, 0.15) is 4.90 Å². The number of amides is 1. The maximum absolute atomic E-state index is 13.2. The molecule has 0 bridgehead atoms. The van der Waals surface area contributed by atoms with Gasteiger partial charge in [0, 0.05) is 49.1 Å². The van der Waals surface area contributed by atoms with Gasteiger partial charge in [-0.1, -0.05) is 24.3 Å². The van der Waals surface area contributed by atoms with Gasteiger partial charge in [-0.3, -0.25) is 23.8 Å². The van der Waals surface area contributed by atoms with Gasteiger partial charge in [0.25, 0.3) is 10.1 Å². The first-order valence-corrected chi connectivity index (χ1v) is 14.1. The molecule has 41 heavy (non-hydrogen) atoms. The zero-order valence-corrected chi connectivity index (χ0v) is 23.0. The summed E-state index contributed by atoms with van der Waals surface area (Å²) in [4.78, 5) is 39.1. The molecule has 1 aliphatic heterocycles. The van der Waals surface area contributed by atoms with Crippen molar-refractivity contribution in [3.05, 3.63) is 76.9 Å². The number of morpholine rings is 1. The maximum Gasteiger partial charge on any atom is 0.296 e. The van der Waals surface area contributed by atoms with Gasteiger partial charge in [0.2, 0.25) is 5.91 Å². The molecule has 3 aromatic rings. The first-order valence-electron chi connectivity index (χ1n) is 12.7. The lowest BCUT2D eigenvalue weighted by Gasteiger charge is -2.25. The van der Waals surface area contributed by atoms with Crippen molar-refractivity contribution in [1.82, 2.24) is 4.90 Å². The molecule has 5 rings (SSSR count). The van der Waals surface area contributed by atoms with Crippen molar-refractivity contribution in [2.24, 2.45) is 0 Å². The summed E-state index contributed by atoms with van der Waals surface area (Å²) in [6.45, 7) is 6.01. The number of ketones is 2. The van der Waals surface area contributed by atoms with Crippen molar-refractivity contribution in [2.75, 3.05) is 55.8 Å². The number of ether oxygens (including phenoxy) is 1. The number of nitrogens with zero attached hydrogens (tertiary/aromatic N) is 1. The van der Waals surface area contributed by atoms with Crippen LogP contribution in [-0.4, -0.2) is 79.9 Å². The van der Waals surface area contributed by atoms with Crippen molar-refractivity contribution < 1.29 is 37.2 Å². The molecule has 3 aromatic carbocycles. The topological polar surface area (TPSA) is 188 Å². The second-order valence-corrected chi connectivity index (χ2v) is 10.7. The minimum Gasteiger partial charge on any atom is -0.397 e. The van der Waals surface area contributed by atoms with Crippen molar-refractivity contribution in [2.45, 2.75) is 11.8 Å². The van der Waals surface area contributed by atoms with Crippen LogP contribution in [0, 0.1) is 0 Å². The number of nitrogen functional groups attached to an aromatic ring is 1. The summed E-state index contributed by atoms with van der Waals surface area (Å²) < 4.78 is 38.7. The Kier molecular flexibility index (Phi) is 9.15. The summed E-state index contributed by atoms with van der Waals surface area (Å²) in [5.41, 5.74) is 6.27. The molecule has 0 radical (unpaired) electrons. The summed E-state index contributed by atoms with van der Waals surface area (Å²) in [5, 5.41) is 14.1. The lowest BCUT2D eigenvalue weighted by molar-refractivity contribution is -0.114. The van der Waals surface area contributed by atoms with Crippen LogP contribution < -0.4 is 16.4 Å². The van der Waals surface area contributed by atoms with Crippen LogP contribution in [0.4, 0.5) is 22.7 Å². The second-order valence-electron chi connectivity index (χ2n) is 9.33. The highest BCUT2D eigenvalue weighted by Gasteiger charge is 2.36. The molecule has 13 heteroatoms. The van der Waals surface area contributed by atoms with E-state index in [0.717, 1.165) is 38.9 Å². The minimum atomic E-state index is -4.80. The average molecular weight is 583 g/mol. The lowest BCUT2D eigenvalue weighted by Crippen LogP contribution is -2.37. The Morgan fingerprint density at radius 2 is 1.54 bits per heavy atom. The van der Waals surface area contributed by atoms with Crippen LogP contribution in [0.2, 0.25) is 0 Å². The van der Waals surface area contributed by atoms with Crippen LogP contribution in [-0.2, 0) is 19.6 Å². The smallest absolute Gasteiger partial charge is 0.296 e. The number of rotatable bonds is 6. The molecule has 1 amide bonds. The highest BCUT2D eigenvalue weighted by molar-refractivity contribution is 7.86. The third-order valence-electron chi connectivity index (χ3n) is 6.48. The van der Waals surface area contributed by atoms with E-state index in [0.29, 0.717) is 11.4 Å². The highest BCUT2D eigenvalue weighted by Crippen LogP contribution is 2.40. The lowest BCUT2D eigenvalue weighted by atomic mass is 9.82. The van der Waals surface area contributed by atoms with Crippen molar-refractivity contribution in [3.8, 4) is 0 Å². The number of nitrogens with one attached hydrogen (secondary N) is 2. The molecular formula is C28H30N4O8S. The van der Waals surface area contributed by atoms with Gasteiger partial charge in [0.15, 0.2) is 11.6 Å². The van der Waals surface area contributed by atoms with E-state index in [1.165, 1.54) is 19.1 Å². The number of hydrogen-bond donors (Lipinski definition) is 5. The van der Waals surface area contributed by atoms with E-state index in [1.54, 1.807) is 36.4 Å². The Hall–Kier alpha value is -4.14. The fourth-order valence-electron chi connectivity index (χ4n) is 4.57. The molecule has 1 fully saturated rings. The van der Waals surface area contributed by atoms with Crippen LogP contribution in [0.1, 0.15) is 38.8 Å². The van der Waals surface area contributed by atoms with Crippen LogP contribution in [0.3, 0.4) is 0 Å². The molecule has 1 saturated heterocycles. The van der Waals surface area contributed by atoms with E-state index in [1.807, 2.05) is 0 Å². The minimum absolute atomic E-state index is 0.0121. The van der Waals surface area contributed by atoms with Crippen molar-refractivity contribution in [1.29, 1.82) is 0 Å². The second kappa shape index (κ2) is 12.6. The zero-order valence-electron chi connectivity index (χ0n) is 22.2. The van der Waals surface area contributed by atoms with Crippen LogP contribution in [0.25, 0.3) is 0 Å². The molecule has 1 heterocycles. The van der Waals surface area contributed by atoms with Gasteiger partial charge < -0.3 is 26.2 Å². The molecule has 2 aliphatic rings. The van der Waals surface area contributed by atoms with Crippen molar-refractivity contribution >= 4 is 50.3 Å². The number of anilines is 4. The fourth-order valence-corrected chi connectivity index (χ4v) is 5.21. The Balaban J connectivity index is 0.000000367. The Bertz CT molecular complexity index is 1580. The predicted molar refractivity (Wildman–Crippen MR) is 152 cm³/mol. The summed E-state index contributed by atoms with van der Waals surface area (Å²) in [5.74, 6) is -1.39. The van der Waals surface area contributed by atoms with E-state index in [4.69, 9.17) is 15.6 Å². The van der Waals surface area contributed by atoms with Gasteiger partial charge in [-0.15, -0.1) is 0 Å². The predicted octanol–water partition coefficient (Wildman–Crippen LogP) is 2.30. The van der Waals surface area contributed by atoms with Gasteiger partial charge in [0.05, 0.1) is 42.3 Å². The number of hydrogen-bond acceptors (Lipinski definition) is 10. The third kappa shape index (κ3) is 6.78. The van der Waals surface area contributed by atoms with Crippen LogP contribution >= 0.6 is 0 Å². The maximum atomic E-state index is 13.2. The van der Waals surface area contributed by atoms with E-state index in [2.05, 4.69) is 15.5 Å². The molecule has 0 unspecified atom stereocenters. The first kappa shape index (κ1) is 29.8. The zero-order chi connectivity index (χ0) is 29.7. The van der Waals surface area contributed by atoms with Gasteiger partial charge >= 0.3 is 0 Å². The third-order valence-corrected chi connectivity index (χ3v) is 7.38. The SMILES string of the molecule is CC(=O)Nc1ccc(Nc2cc(S(=O)(=O)O)c(N)c3c2C(=O)c2ccccc2C3=O)cc1.OCCN1CCOCC1. The molecule has 0 saturated carbocycles. The number of carbonyl (C=O) groups is 3. The number of benzene rings is 3. The van der Waals surface area contributed by atoms with Gasteiger partial charge in [-0.05, 0) is 30.3 Å². The normalized spacial score (nSPS) is 14.8. The summed E-state index contributed by atoms with van der Waals surface area (Å²) >= 11 is 0. The van der Waals surface area contributed by atoms with Gasteiger partial charge in [-0.2, -0.15) is 8.42 Å². The number of aliphatic hydroxyl groups is 1. The molecule has 1 aliphatic carbocycles. The standard InChI is InChI=1S/C22H17N3O6S.C6H13NO2/c1-11(26)24-12-6-8-13(9-7-12)25-16-10-17(32(29,30)31)20(23)19-18(16)21(27)14-4-2-3-5-15(14)22(19)28;8-4-1-7-2-5-9-6-3-7/h2-10,25H,23H2,1H3,(H,24,26)(H,29,30,31);8H,1-6H2. The van der Waals surface area contributed by atoms with E-state index < -0.39 is 32.3 Å². The average Bonchev–Trinajstić information content (AvgIpc) is 2.94.